The van der Waals surface area contributed by atoms with Crippen LogP contribution in [-0.4, -0.2) is 11.1 Å². The van der Waals surface area contributed by atoms with Crippen molar-refractivity contribution in [1.82, 2.24) is 10.5 Å². The molecule has 0 aliphatic carbocycles. The zero-order chi connectivity index (χ0) is 17.8. The van der Waals surface area contributed by atoms with Crippen LogP contribution in [0.25, 0.3) is 0 Å². The van der Waals surface area contributed by atoms with Gasteiger partial charge in [-0.2, -0.15) is 0 Å². The van der Waals surface area contributed by atoms with Gasteiger partial charge < -0.3 is 9.84 Å². The van der Waals surface area contributed by atoms with Crippen molar-refractivity contribution in [3.05, 3.63) is 75.1 Å². The molecule has 130 valence electrons. The van der Waals surface area contributed by atoms with Crippen LogP contribution in [0.4, 0.5) is 4.39 Å². The van der Waals surface area contributed by atoms with E-state index < -0.39 is 0 Å². The molecule has 1 aromatic carbocycles. The minimum absolute atomic E-state index is 0.0669. The van der Waals surface area contributed by atoms with E-state index >= 15 is 0 Å². The lowest BCUT2D eigenvalue weighted by molar-refractivity contribution is -0.121. The fraction of sp³-hybridized carbons (Fsp3) is 0.263. The van der Waals surface area contributed by atoms with Gasteiger partial charge in [-0.05, 0) is 49.4 Å². The molecule has 0 fully saturated rings. The zero-order valence-electron chi connectivity index (χ0n) is 14.1. The van der Waals surface area contributed by atoms with Crippen molar-refractivity contribution in [3.63, 3.8) is 0 Å². The van der Waals surface area contributed by atoms with Crippen LogP contribution in [0.3, 0.4) is 0 Å². The van der Waals surface area contributed by atoms with Gasteiger partial charge in [0.25, 0.3) is 0 Å². The Bertz CT molecular complexity index is 821. The minimum Gasteiger partial charge on any atom is -0.361 e. The van der Waals surface area contributed by atoms with E-state index in [0.717, 1.165) is 27.5 Å². The number of aryl methyl sites for hydroxylation is 2. The molecule has 6 heteroatoms. The lowest BCUT2D eigenvalue weighted by atomic mass is 10.0. The van der Waals surface area contributed by atoms with E-state index in [-0.39, 0.29) is 17.8 Å². The Morgan fingerprint density at radius 2 is 2.04 bits per heavy atom. The van der Waals surface area contributed by atoms with Gasteiger partial charge in [-0.1, -0.05) is 23.4 Å². The number of hydrogen-bond donors (Lipinski definition) is 1. The quantitative estimate of drug-likeness (QED) is 0.713. The second-order valence-corrected chi connectivity index (χ2v) is 6.85. The summed E-state index contributed by atoms with van der Waals surface area (Å²) >= 11 is 1.56. The van der Waals surface area contributed by atoms with Gasteiger partial charge in [0.05, 0.1) is 11.7 Å². The normalized spacial score (nSPS) is 12.1. The van der Waals surface area contributed by atoms with Gasteiger partial charge in [-0.15, -0.1) is 11.3 Å². The van der Waals surface area contributed by atoms with Crippen molar-refractivity contribution in [2.45, 2.75) is 32.7 Å². The highest BCUT2D eigenvalue weighted by Crippen LogP contribution is 2.26. The van der Waals surface area contributed by atoms with Crippen LogP contribution in [0.2, 0.25) is 0 Å². The lowest BCUT2D eigenvalue weighted by Gasteiger charge is -2.18. The third-order valence-electron chi connectivity index (χ3n) is 4.12. The molecule has 0 saturated carbocycles. The molecule has 0 aliphatic rings. The van der Waals surface area contributed by atoms with Gasteiger partial charge in [0.1, 0.15) is 11.6 Å². The molecule has 0 bridgehead atoms. The summed E-state index contributed by atoms with van der Waals surface area (Å²) in [5, 5.41) is 8.93. The van der Waals surface area contributed by atoms with Crippen molar-refractivity contribution < 1.29 is 13.7 Å². The molecule has 0 saturated heterocycles. The molecule has 0 unspecified atom stereocenters. The Balaban J connectivity index is 1.72. The Kier molecular flexibility index (Phi) is 5.28. The van der Waals surface area contributed by atoms with Gasteiger partial charge in [0.15, 0.2) is 0 Å². The molecule has 2 aromatic heterocycles. The summed E-state index contributed by atoms with van der Waals surface area (Å²) in [7, 11) is 0. The van der Waals surface area contributed by atoms with Gasteiger partial charge >= 0.3 is 0 Å². The molecule has 3 rings (SSSR count). The van der Waals surface area contributed by atoms with Gasteiger partial charge in [0.2, 0.25) is 5.91 Å². The summed E-state index contributed by atoms with van der Waals surface area (Å²) in [5.41, 5.74) is 2.65. The van der Waals surface area contributed by atoms with E-state index in [9.17, 15) is 9.18 Å². The lowest BCUT2D eigenvalue weighted by Crippen LogP contribution is -2.29. The highest BCUT2D eigenvalue weighted by molar-refractivity contribution is 7.10. The first-order valence-electron chi connectivity index (χ1n) is 8.04. The maximum atomic E-state index is 13.2. The van der Waals surface area contributed by atoms with Crippen molar-refractivity contribution in [2.24, 2.45) is 0 Å². The summed E-state index contributed by atoms with van der Waals surface area (Å²) in [6.45, 7) is 3.72. The predicted molar refractivity (Wildman–Crippen MR) is 95.0 cm³/mol. The summed E-state index contributed by atoms with van der Waals surface area (Å²) < 4.78 is 18.3. The third-order valence-corrected chi connectivity index (χ3v) is 5.06. The van der Waals surface area contributed by atoms with Crippen LogP contribution in [0.5, 0.6) is 0 Å². The van der Waals surface area contributed by atoms with Crippen molar-refractivity contribution in [1.29, 1.82) is 0 Å². The summed E-state index contributed by atoms with van der Waals surface area (Å²) in [6, 6.07) is 9.85. The first kappa shape index (κ1) is 17.4. The van der Waals surface area contributed by atoms with E-state index in [0.29, 0.717) is 12.8 Å². The fourth-order valence-corrected chi connectivity index (χ4v) is 3.56. The number of nitrogens with zero attached hydrogens (tertiary/aromatic N) is 1. The Labute approximate surface area is 149 Å². The number of rotatable bonds is 6. The molecule has 2 heterocycles. The van der Waals surface area contributed by atoms with E-state index in [1.54, 1.807) is 23.5 Å². The largest absolute Gasteiger partial charge is 0.361 e. The molecule has 0 spiro atoms. The molecular formula is C19H19FN2O2S. The van der Waals surface area contributed by atoms with Crippen molar-refractivity contribution in [2.75, 3.05) is 0 Å². The molecule has 0 aliphatic heterocycles. The zero-order valence-corrected chi connectivity index (χ0v) is 14.9. The average Bonchev–Trinajstić information content (AvgIpc) is 3.23. The molecule has 1 amide bonds. The van der Waals surface area contributed by atoms with E-state index in [1.165, 1.54) is 12.1 Å². The maximum Gasteiger partial charge on any atom is 0.221 e. The summed E-state index contributed by atoms with van der Waals surface area (Å²) in [4.78, 5) is 13.5. The first-order valence-corrected chi connectivity index (χ1v) is 8.92. The molecule has 1 atom stereocenters. The minimum atomic E-state index is -0.293. The molecule has 0 radical (unpaired) electrons. The second-order valence-electron chi connectivity index (χ2n) is 5.87. The smallest absolute Gasteiger partial charge is 0.221 e. The van der Waals surface area contributed by atoms with Crippen molar-refractivity contribution in [3.8, 4) is 0 Å². The number of aromatic nitrogens is 1. The van der Waals surface area contributed by atoms with Gasteiger partial charge in [0, 0.05) is 16.9 Å². The monoisotopic (exact) mass is 358 g/mol. The highest BCUT2D eigenvalue weighted by Gasteiger charge is 2.19. The summed E-state index contributed by atoms with van der Waals surface area (Å²) in [6.07, 6.45) is 0.916. The SMILES string of the molecule is Cc1noc(C)c1CCC(=O)N[C@@H](c1ccc(F)cc1)c1cccs1. The number of carbonyl (C=O) groups excluding carboxylic acids is 1. The number of halogens is 1. The van der Waals surface area contributed by atoms with E-state index in [4.69, 9.17) is 4.52 Å². The van der Waals surface area contributed by atoms with E-state index in [1.807, 2.05) is 31.4 Å². The predicted octanol–water partition coefficient (Wildman–Crippen LogP) is 4.33. The molecule has 3 aromatic rings. The van der Waals surface area contributed by atoms with Crippen LogP contribution in [0.15, 0.2) is 46.3 Å². The number of amides is 1. The average molecular weight is 358 g/mol. The number of hydrogen-bond acceptors (Lipinski definition) is 4. The fourth-order valence-electron chi connectivity index (χ4n) is 2.76. The van der Waals surface area contributed by atoms with Crippen molar-refractivity contribution >= 4 is 17.2 Å². The standard InChI is InChI=1S/C19H19FN2O2S/c1-12-16(13(2)24-22-12)9-10-18(23)21-19(17-4-3-11-25-17)14-5-7-15(20)8-6-14/h3-8,11,19H,9-10H2,1-2H3,(H,21,23)/t19-/m0/s1. The Morgan fingerprint density at radius 1 is 1.28 bits per heavy atom. The van der Waals surface area contributed by atoms with Crippen LogP contribution >= 0.6 is 11.3 Å². The van der Waals surface area contributed by atoms with Gasteiger partial charge in [-0.3, -0.25) is 4.79 Å². The topological polar surface area (TPSA) is 55.1 Å². The van der Waals surface area contributed by atoms with Crippen LogP contribution in [0.1, 0.15) is 39.9 Å². The number of thiophene rings is 1. The molecular weight excluding hydrogens is 339 g/mol. The molecule has 25 heavy (non-hydrogen) atoms. The molecule has 4 nitrogen and oxygen atoms in total. The van der Waals surface area contributed by atoms with Crippen LogP contribution < -0.4 is 5.32 Å². The number of nitrogens with one attached hydrogen (secondary N) is 1. The second kappa shape index (κ2) is 7.61. The van der Waals surface area contributed by atoms with Gasteiger partial charge in [-0.25, -0.2) is 4.39 Å². The molecule has 1 N–H and O–H groups in total. The summed E-state index contributed by atoms with van der Waals surface area (Å²) in [5.74, 6) is 0.389. The van der Waals surface area contributed by atoms with Crippen LogP contribution in [0, 0.1) is 19.7 Å². The third kappa shape index (κ3) is 4.14. The van der Waals surface area contributed by atoms with Crippen LogP contribution in [-0.2, 0) is 11.2 Å². The number of carbonyl (C=O) groups is 1. The highest BCUT2D eigenvalue weighted by atomic mass is 32.1. The Morgan fingerprint density at radius 3 is 2.64 bits per heavy atom. The number of benzene rings is 1. The first-order chi connectivity index (χ1) is 12.0. The van der Waals surface area contributed by atoms with E-state index in [2.05, 4.69) is 10.5 Å². The Hall–Kier alpha value is -2.47. The maximum absolute atomic E-state index is 13.2.